The summed E-state index contributed by atoms with van der Waals surface area (Å²) in [5.74, 6) is 2.34. The number of methoxy groups -OCH3 is 1. The first-order valence-electron chi connectivity index (χ1n) is 7.03. The quantitative estimate of drug-likeness (QED) is 0.777. The Kier molecular flexibility index (Phi) is 2.87. The molecule has 1 heterocycles. The van der Waals surface area contributed by atoms with Gasteiger partial charge in [0.25, 0.3) is 0 Å². The van der Waals surface area contributed by atoms with Gasteiger partial charge in [-0.05, 0) is 44.4 Å². The van der Waals surface area contributed by atoms with E-state index in [4.69, 9.17) is 4.74 Å². The Morgan fingerprint density at radius 1 is 1.47 bits per heavy atom. The molecule has 0 aliphatic heterocycles. The molecule has 2 unspecified atom stereocenters. The highest BCUT2D eigenvalue weighted by Crippen LogP contribution is 2.58. The van der Waals surface area contributed by atoms with Gasteiger partial charge < -0.3 is 4.74 Å². The number of carbonyl (C=O) groups is 1. The molecule has 0 bridgehead atoms. The molecule has 1 aromatic heterocycles. The van der Waals surface area contributed by atoms with E-state index in [-0.39, 0.29) is 5.97 Å². The number of hydrogen-bond acceptors (Lipinski definition) is 4. The minimum absolute atomic E-state index is 0.275. The molecule has 2 saturated carbocycles. The zero-order valence-corrected chi connectivity index (χ0v) is 11.8. The van der Waals surface area contributed by atoms with Crippen molar-refractivity contribution in [2.24, 2.45) is 17.8 Å². The van der Waals surface area contributed by atoms with E-state index >= 15 is 0 Å². The van der Waals surface area contributed by atoms with Gasteiger partial charge in [-0.15, -0.1) is 5.10 Å². The monoisotopic (exact) mass is 263 g/mol. The van der Waals surface area contributed by atoms with Crippen LogP contribution in [0.5, 0.6) is 0 Å². The molecule has 0 radical (unpaired) electrons. The molecule has 3 rings (SSSR count). The van der Waals surface area contributed by atoms with E-state index in [9.17, 15) is 4.79 Å². The van der Waals surface area contributed by atoms with Gasteiger partial charge in [-0.2, -0.15) is 0 Å². The van der Waals surface area contributed by atoms with Crippen LogP contribution in [-0.4, -0.2) is 28.1 Å². The van der Waals surface area contributed by atoms with Gasteiger partial charge in [0.15, 0.2) is 0 Å². The van der Waals surface area contributed by atoms with Gasteiger partial charge in [0.1, 0.15) is 5.41 Å². The van der Waals surface area contributed by atoms with Crippen LogP contribution in [0.25, 0.3) is 0 Å². The van der Waals surface area contributed by atoms with Crippen LogP contribution in [0.1, 0.15) is 38.8 Å². The topological polar surface area (TPSA) is 57.0 Å². The van der Waals surface area contributed by atoms with E-state index in [1.165, 1.54) is 26.4 Å². The van der Waals surface area contributed by atoms with E-state index in [0.29, 0.717) is 5.69 Å². The Bertz CT molecular complexity index is 485. The third kappa shape index (κ3) is 2.05. The molecular formula is C14H21N3O2. The number of esters is 1. The molecule has 19 heavy (non-hydrogen) atoms. The summed E-state index contributed by atoms with van der Waals surface area (Å²) >= 11 is 0. The van der Waals surface area contributed by atoms with Crippen molar-refractivity contribution in [1.29, 1.82) is 0 Å². The van der Waals surface area contributed by atoms with Crippen molar-refractivity contribution in [3.05, 3.63) is 11.9 Å². The van der Waals surface area contributed by atoms with Crippen LogP contribution < -0.4 is 0 Å². The summed E-state index contributed by atoms with van der Waals surface area (Å²) in [7, 11) is 1.40. The van der Waals surface area contributed by atoms with Gasteiger partial charge in [0, 0.05) is 12.7 Å². The molecule has 0 aromatic carbocycles. The molecule has 2 aliphatic carbocycles. The van der Waals surface area contributed by atoms with Gasteiger partial charge in [0.2, 0.25) is 0 Å². The Morgan fingerprint density at radius 2 is 2.16 bits per heavy atom. The zero-order valence-electron chi connectivity index (χ0n) is 11.8. The summed E-state index contributed by atoms with van der Waals surface area (Å²) in [6, 6.07) is 0. The van der Waals surface area contributed by atoms with Crippen molar-refractivity contribution in [1.82, 2.24) is 15.0 Å². The average molecular weight is 263 g/mol. The first kappa shape index (κ1) is 12.6. The minimum atomic E-state index is -0.730. The lowest BCUT2D eigenvalue weighted by Crippen LogP contribution is -2.30. The molecule has 2 fully saturated rings. The average Bonchev–Trinajstić information content (AvgIpc) is 2.82. The first-order chi connectivity index (χ1) is 9.04. The Hall–Kier alpha value is -1.39. The van der Waals surface area contributed by atoms with Gasteiger partial charge in [-0.3, -0.25) is 9.48 Å². The molecule has 2 aliphatic rings. The Labute approximate surface area is 113 Å². The number of hydrogen-bond donors (Lipinski definition) is 0. The third-order valence-corrected chi connectivity index (χ3v) is 4.86. The largest absolute Gasteiger partial charge is 0.468 e. The van der Waals surface area contributed by atoms with Crippen LogP contribution in [0.4, 0.5) is 0 Å². The second-order valence-electron chi connectivity index (χ2n) is 6.36. The maximum absolute atomic E-state index is 11.7. The van der Waals surface area contributed by atoms with Crippen LogP contribution >= 0.6 is 0 Å². The lowest BCUT2D eigenvalue weighted by atomic mass is 9.90. The summed E-state index contributed by atoms with van der Waals surface area (Å²) in [6.07, 6.45) is 6.05. The van der Waals surface area contributed by atoms with Crippen LogP contribution in [0, 0.1) is 17.8 Å². The van der Waals surface area contributed by atoms with Crippen molar-refractivity contribution >= 4 is 5.97 Å². The molecule has 5 heteroatoms. The maximum atomic E-state index is 11.7. The first-order valence-corrected chi connectivity index (χ1v) is 7.03. The molecule has 1 aromatic rings. The van der Waals surface area contributed by atoms with E-state index in [0.717, 1.165) is 24.3 Å². The number of fused-ring (bicyclic) bond motifs is 1. The van der Waals surface area contributed by atoms with E-state index in [2.05, 4.69) is 10.3 Å². The van der Waals surface area contributed by atoms with Gasteiger partial charge in [-0.1, -0.05) is 11.6 Å². The summed E-state index contributed by atoms with van der Waals surface area (Å²) < 4.78 is 6.71. The van der Waals surface area contributed by atoms with E-state index in [1.54, 1.807) is 0 Å². The van der Waals surface area contributed by atoms with Crippen molar-refractivity contribution in [2.45, 2.75) is 45.1 Å². The van der Waals surface area contributed by atoms with E-state index in [1.807, 2.05) is 24.7 Å². The fourth-order valence-corrected chi connectivity index (χ4v) is 3.49. The molecule has 5 nitrogen and oxygen atoms in total. The maximum Gasteiger partial charge on any atom is 0.317 e. The number of aromatic nitrogens is 3. The fraction of sp³-hybridized carbons (Fsp3) is 0.786. The van der Waals surface area contributed by atoms with Crippen LogP contribution in [0.15, 0.2) is 6.20 Å². The molecule has 0 N–H and O–H groups in total. The Morgan fingerprint density at radius 3 is 2.79 bits per heavy atom. The highest BCUT2D eigenvalue weighted by atomic mass is 16.5. The number of nitrogens with zero attached hydrogens (tertiary/aromatic N) is 3. The molecule has 2 atom stereocenters. The fourth-order valence-electron chi connectivity index (χ4n) is 3.49. The minimum Gasteiger partial charge on any atom is -0.468 e. The summed E-state index contributed by atoms with van der Waals surface area (Å²) in [6.45, 7) is 4.58. The highest BCUT2D eigenvalue weighted by Gasteiger charge is 2.52. The Balaban J connectivity index is 1.68. The highest BCUT2D eigenvalue weighted by molar-refractivity contribution is 5.81. The standard InChI is InChI=1S/C14H21N3O2/c1-14(2,13(18)19-3)12-8-17(16-15-12)7-11-9-5-4-6-10(9)11/h8-11H,4-7H2,1-3H3. The van der Waals surface area contributed by atoms with E-state index < -0.39 is 5.41 Å². The number of carbonyl (C=O) groups excluding carboxylic acids is 1. The molecule has 0 spiro atoms. The van der Waals surface area contributed by atoms with Gasteiger partial charge in [0.05, 0.1) is 12.8 Å². The third-order valence-electron chi connectivity index (χ3n) is 4.86. The van der Waals surface area contributed by atoms with Gasteiger partial charge in [-0.25, -0.2) is 0 Å². The smallest absolute Gasteiger partial charge is 0.317 e. The predicted molar refractivity (Wildman–Crippen MR) is 69.4 cm³/mol. The normalized spacial score (nSPS) is 29.1. The summed E-state index contributed by atoms with van der Waals surface area (Å²) in [5.41, 5.74) is -0.0444. The van der Waals surface area contributed by atoms with Crippen LogP contribution in [0.2, 0.25) is 0 Å². The molecular weight excluding hydrogens is 242 g/mol. The molecule has 0 amide bonds. The molecule has 0 saturated heterocycles. The number of rotatable bonds is 4. The van der Waals surface area contributed by atoms with Crippen LogP contribution in [-0.2, 0) is 21.5 Å². The van der Waals surface area contributed by atoms with Crippen molar-refractivity contribution < 1.29 is 9.53 Å². The lowest BCUT2D eigenvalue weighted by molar-refractivity contribution is -0.146. The van der Waals surface area contributed by atoms with Crippen LogP contribution in [0.3, 0.4) is 0 Å². The molecule has 104 valence electrons. The zero-order chi connectivity index (χ0) is 13.6. The SMILES string of the molecule is COC(=O)C(C)(C)c1cn(CC2C3CCCC32)nn1. The summed E-state index contributed by atoms with van der Waals surface area (Å²) in [5, 5.41) is 8.31. The van der Waals surface area contributed by atoms with Gasteiger partial charge >= 0.3 is 5.97 Å². The predicted octanol–water partition coefficient (Wildman–Crippen LogP) is 1.77. The second kappa shape index (κ2) is 4.32. The van der Waals surface area contributed by atoms with Crippen molar-refractivity contribution in [3.8, 4) is 0 Å². The van der Waals surface area contributed by atoms with Crippen molar-refractivity contribution in [2.75, 3.05) is 7.11 Å². The second-order valence-corrected chi connectivity index (χ2v) is 6.36. The lowest BCUT2D eigenvalue weighted by Gasteiger charge is -2.17. The van der Waals surface area contributed by atoms with Crippen molar-refractivity contribution in [3.63, 3.8) is 0 Å². The number of ether oxygens (including phenoxy) is 1. The summed E-state index contributed by atoms with van der Waals surface area (Å²) in [4.78, 5) is 11.7.